The molecule has 0 unspecified atom stereocenters. The summed E-state index contributed by atoms with van der Waals surface area (Å²) in [5.74, 6) is 0.335. The summed E-state index contributed by atoms with van der Waals surface area (Å²) >= 11 is 0. The SMILES string of the molecule is Cc1ncoc1COc1ccc2c(c1)CCN(C[C@@H](O)CNC(=O)c1ccnc(F)c1)C2. The molecule has 1 aromatic carbocycles. The first-order valence-electron chi connectivity index (χ1n) is 10.4. The number of aryl methyl sites for hydroxylation is 1. The standard InChI is InChI=1S/C23H25FN4O4/c1-15-21(32-14-27-15)13-31-20-3-2-18-11-28(7-5-16(18)8-20)12-19(29)10-26-23(30)17-4-6-25-22(24)9-17/h2-4,6,8-9,14,19,29H,5,7,10-13H2,1H3,(H,26,30)/t19-/m0/s1. The van der Waals surface area contributed by atoms with Crippen LogP contribution in [0.25, 0.3) is 0 Å². The lowest BCUT2D eigenvalue weighted by Gasteiger charge is -2.30. The molecule has 1 atom stereocenters. The Morgan fingerprint density at radius 1 is 1.31 bits per heavy atom. The van der Waals surface area contributed by atoms with Gasteiger partial charge in [0.15, 0.2) is 12.2 Å². The van der Waals surface area contributed by atoms with Gasteiger partial charge in [0, 0.05) is 44.0 Å². The van der Waals surface area contributed by atoms with E-state index in [-0.39, 0.29) is 12.1 Å². The van der Waals surface area contributed by atoms with E-state index in [1.54, 1.807) is 0 Å². The molecule has 3 aromatic rings. The van der Waals surface area contributed by atoms with Gasteiger partial charge in [-0.15, -0.1) is 0 Å². The fraction of sp³-hybridized carbons (Fsp3) is 0.348. The minimum atomic E-state index is -0.736. The Hall–Kier alpha value is -3.30. The van der Waals surface area contributed by atoms with E-state index in [1.165, 1.54) is 29.8 Å². The number of aromatic nitrogens is 2. The number of carbonyl (C=O) groups is 1. The van der Waals surface area contributed by atoms with Crippen molar-refractivity contribution in [1.82, 2.24) is 20.2 Å². The summed E-state index contributed by atoms with van der Waals surface area (Å²) in [5.41, 5.74) is 3.40. The van der Waals surface area contributed by atoms with Crippen LogP contribution in [0.5, 0.6) is 5.75 Å². The number of fused-ring (bicyclic) bond motifs is 1. The Balaban J connectivity index is 1.25. The first-order chi connectivity index (χ1) is 15.5. The maximum atomic E-state index is 13.1. The molecule has 2 N–H and O–H groups in total. The smallest absolute Gasteiger partial charge is 0.251 e. The number of aliphatic hydroxyl groups excluding tert-OH is 1. The average Bonchev–Trinajstić information content (AvgIpc) is 3.20. The first-order valence-corrected chi connectivity index (χ1v) is 10.4. The second-order valence-electron chi connectivity index (χ2n) is 7.80. The van der Waals surface area contributed by atoms with Gasteiger partial charge < -0.3 is 19.6 Å². The Morgan fingerprint density at radius 2 is 2.19 bits per heavy atom. The molecule has 0 saturated carbocycles. The highest BCUT2D eigenvalue weighted by Gasteiger charge is 2.20. The molecule has 4 rings (SSSR count). The maximum Gasteiger partial charge on any atom is 0.251 e. The minimum absolute atomic E-state index is 0.0833. The summed E-state index contributed by atoms with van der Waals surface area (Å²) in [4.78, 5) is 21.7. The van der Waals surface area contributed by atoms with E-state index < -0.39 is 18.0 Å². The Bertz CT molecular complexity index is 1090. The molecule has 2 aromatic heterocycles. The Morgan fingerprint density at radius 3 is 2.97 bits per heavy atom. The van der Waals surface area contributed by atoms with E-state index in [9.17, 15) is 14.3 Å². The zero-order chi connectivity index (χ0) is 22.5. The third kappa shape index (κ3) is 5.49. The molecule has 9 heteroatoms. The van der Waals surface area contributed by atoms with Crippen molar-refractivity contribution >= 4 is 5.91 Å². The molecule has 0 saturated heterocycles. The number of benzene rings is 1. The summed E-state index contributed by atoms with van der Waals surface area (Å²) in [6, 6.07) is 8.50. The van der Waals surface area contributed by atoms with Crippen molar-refractivity contribution < 1.29 is 23.4 Å². The van der Waals surface area contributed by atoms with Gasteiger partial charge in [0.2, 0.25) is 5.95 Å². The predicted molar refractivity (Wildman–Crippen MR) is 114 cm³/mol. The molecule has 168 valence electrons. The molecule has 8 nitrogen and oxygen atoms in total. The van der Waals surface area contributed by atoms with Crippen molar-refractivity contribution in [2.75, 3.05) is 19.6 Å². The highest BCUT2D eigenvalue weighted by atomic mass is 19.1. The van der Waals surface area contributed by atoms with Gasteiger partial charge in [0.25, 0.3) is 5.91 Å². The van der Waals surface area contributed by atoms with Crippen LogP contribution in [0.15, 0.2) is 47.3 Å². The van der Waals surface area contributed by atoms with Gasteiger partial charge in [0.1, 0.15) is 12.4 Å². The fourth-order valence-electron chi connectivity index (χ4n) is 3.67. The van der Waals surface area contributed by atoms with Crippen molar-refractivity contribution in [3.8, 4) is 5.75 Å². The van der Waals surface area contributed by atoms with Gasteiger partial charge in [-0.25, -0.2) is 9.97 Å². The molecule has 32 heavy (non-hydrogen) atoms. The lowest BCUT2D eigenvalue weighted by atomic mass is 9.99. The molecule has 0 fully saturated rings. The number of β-amino-alcohol motifs (C(OH)–C–C–N with tert-alkyl or cyclic N) is 1. The molecule has 0 bridgehead atoms. The number of nitrogens with zero attached hydrogens (tertiary/aromatic N) is 3. The zero-order valence-electron chi connectivity index (χ0n) is 17.8. The van der Waals surface area contributed by atoms with Gasteiger partial charge in [0.05, 0.1) is 11.8 Å². The quantitative estimate of drug-likeness (QED) is 0.518. The highest BCUT2D eigenvalue weighted by Crippen LogP contribution is 2.25. The lowest BCUT2D eigenvalue weighted by molar-refractivity contribution is 0.0841. The number of ether oxygens (including phenoxy) is 1. The van der Waals surface area contributed by atoms with E-state index in [0.29, 0.717) is 25.5 Å². The third-order valence-electron chi connectivity index (χ3n) is 5.44. The largest absolute Gasteiger partial charge is 0.486 e. The number of pyridine rings is 1. The van der Waals surface area contributed by atoms with E-state index in [1.807, 2.05) is 25.1 Å². The fourth-order valence-corrected chi connectivity index (χ4v) is 3.67. The van der Waals surface area contributed by atoms with Crippen molar-refractivity contribution in [2.24, 2.45) is 0 Å². The number of halogens is 1. The van der Waals surface area contributed by atoms with Crippen LogP contribution in [0, 0.1) is 12.9 Å². The highest BCUT2D eigenvalue weighted by molar-refractivity contribution is 5.94. The number of aliphatic hydroxyl groups is 1. The van der Waals surface area contributed by atoms with Crippen LogP contribution in [-0.4, -0.2) is 51.6 Å². The molecule has 0 radical (unpaired) electrons. The van der Waals surface area contributed by atoms with Crippen LogP contribution >= 0.6 is 0 Å². The van der Waals surface area contributed by atoms with Crippen molar-refractivity contribution in [3.05, 3.63) is 77.0 Å². The molecule has 0 aliphatic carbocycles. The number of rotatable bonds is 8. The average molecular weight is 440 g/mol. The number of carbonyl (C=O) groups excluding carboxylic acids is 1. The summed E-state index contributed by atoms with van der Waals surface area (Å²) in [7, 11) is 0. The Kier molecular flexibility index (Phi) is 6.77. The topological polar surface area (TPSA) is 101 Å². The monoisotopic (exact) mass is 440 g/mol. The van der Waals surface area contributed by atoms with Gasteiger partial charge in [-0.3, -0.25) is 9.69 Å². The van der Waals surface area contributed by atoms with Crippen LogP contribution in [0.4, 0.5) is 4.39 Å². The molecule has 1 aliphatic rings. The van der Waals surface area contributed by atoms with Crippen LogP contribution in [0.3, 0.4) is 0 Å². The second kappa shape index (κ2) is 9.88. The third-order valence-corrected chi connectivity index (χ3v) is 5.44. The molecule has 1 amide bonds. The molecule has 0 spiro atoms. The van der Waals surface area contributed by atoms with E-state index in [2.05, 4.69) is 20.2 Å². The summed E-state index contributed by atoms with van der Waals surface area (Å²) < 4.78 is 24.3. The Labute approximate surface area is 185 Å². The number of hydrogen-bond acceptors (Lipinski definition) is 7. The number of amides is 1. The first kappa shape index (κ1) is 21.9. The van der Waals surface area contributed by atoms with Crippen LogP contribution in [0.1, 0.15) is 32.9 Å². The molecule has 1 aliphatic heterocycles. The van der Waals surface area contributed by atoms with Crippen molar-refractivity contribution in [1.29, 1.82) is 0 Å². The van der Waals surface area contributed by atoms with Crippen LogP contribution in [-0.2, 0) is 19.6 Å². The van der Waals surface area contributed by atoms with Gasteiger partial charge in [-0.1, -0.05) is 6.07 Å². The summed E-state index contributed by atoms with van der Waals surface area (Å²) in [6.45, 7) is 4.21. The maximum absolute atomic E-state index is 13.1. The normalized spacial score (nSPS) is 14.6. The number of oxazole rings is 1. The predicted octanol–water partition coefficient (Wildman–Crippen LogP) is 2.25. The summed E-state index contributed by atoms with van der Waals surface area (Å²) in [5, 5.41) is 13.0. The van der Waals surface area contributed by atoms with Crippen molar-refractivity contribution in [3.63, 3.8) is 0 Å². The molecular formula is C23H25FN4O4. The summed E-state index contributed by atoms with van der Waals surface area (Å²) in [6.07, 6.45) is 2.75. The van der Waals surface area contributed by atoms with E-state index in [4.69, 9.17) is 9.15 Å². The number of nitrogens with one attached hydrogen (secondary N) is 1. The van der Waals surface area contributed by atoms with E-state index in [0.717, 1.165) is 30.5 Å². The van der Waals surface area contributed by atoms with Gasteiger partial charge >= 0.3 is 0 Å². The van der Waals surface area contributed by atoms with Crippen LogP contribution < -0.4 is 10.1 Å². The van der Waals surface area contributed by atoms with E-state index >= 15 is 0 Å². The lowest BCUT2D eigenvalue weighted by Crippen LogP contribution is -2.42. The number of hydrogen-bond donors (Lipinski definition) is 2. The van der Waals surface area contributed by atoms with Gasteiger partial charge in [-0.2, -0.15) is 4.39 Å². The molecular weight excluding hydrogens is 415 g/mol. The van der Waals surface area contributed by atoms with Crippen LogP contribution in [0.2, 0.25) is 0 Å². The minimum Gasteiger partial charge on any atom is -0.486 e. The molecule has 3 heterocycles. The zero-order valence-corrected chi connectivity index (χ0v) is 17.8. The van der Waals surface area contributed by atoms with Gasteiger partial charge in [-0.05, 0) is 42.7 Å². The second-order valence-corrected chi connectivity index (χ2v) is 7.80. The van der Waals surface area contributed by atoms with Crippen molar-refractivity contribution in [2.45, 2.75) is 32.6 Å².